The number of carbonyl (C=O) groups is 2. The molecule has 2 amide bonds. The molecule has 0 unspecified atom stereocenters. The highest BCUT2D eigenvalue weighted by Crippen LogP contribution is 2.46. The lowest BCUT2D eigenvalue weighted by Crippen LogP contribution is -2.41. The summed E-state index contributed by atoms with van der Waals surface area (Å²) >= 11 is 0. The van der Waals surface area contributed by atoms with Gasteiger partial charge in [-0.05, 0) is 37.5 Å². The van der Waals surface area contributed by atoms with Gasteiger partial charge in [0.15, 0.2) is 0 Å². The number of fused-ring (bicyclic) bond motifs is 1. The van der Waals surface area contributed by atoms with Gasteiger partial charge in [-0.1, -0.05) is 12.1 Å². The first-order valence-electron chi connectivity index (χ1n) is 10.7. The first-order chi connectivity index (χ1) is 15.3. The zero-order valence-corrected chi connectivity index (χ0v) is 19.4. The SMILES string of the molecule is COc1ccc([C@H]2[C@@H]3CN(Cc4c(C)n[nH]c4C)C[C@@H]3CN2C(=O)N(C)C)cc1.O=CO. The Morgan fingerprint density at radius 3 is 2.44 bits per heavy atom. The normalized spacial score (nSPS) is 22.2. The van der Waals surface area contributed by atoms with E-state index in [9.17, 15) is 4.79 Å². The Labute approximate surface area is 188 Å². The summed E-state index contributed by atoms with van der Waals surface area (Å²) in [6.07, 6.45) is 0. The van der Waals surface area contributed by atoms with Gasteiger partial charge in [-0.15, -0.1) is 0 Å². The molecule has 2 N–H and O–H groups in total. The molecule has 0 saturated carbocycles. The van der Waals surface area contributed by atoms with Crippen molar-refractivity contribution in [2.75, 3.05) is 40.8 Å². The van der Waals surface area contributed by atoms with E-state index in [0.29, 0.717) is 11.8 Å². The number of likely N-dealkylation sites (tertiary alicyclic amines) is 2. The number of carboxylic acid groups (broad SMARTS) is 1. The quantitative estimate of drug-likeness (QED) is 0.704. The van der Waals surface area contributed by atoms with Crippen LogP contribution in [0.3, 0.4) is 0 Å². The molecule has 0 bridgehead atoms. The van der Waals surface area contributed by atoms with Gasteiger partial charge in [0.2, 0.25) is 0 Å². The minimum absolute atomic E-state index is 0.0910. The maximum Gasteiger partial charge on any atom is 0.320 e. The highest BCUT2D eigenvalue weighted by Gasteiger charge is 2.49. The first-order valence-corrected chi connectivity index (χ1v) is 10.7. The summed E-state index contributed by atoms with van der Waals surface area (Å²) in [7, 11) is 5.34. The number of hydrogen-bond donors (Lipinski definition) is 2. The average Bonchev–Trinajstić information content (AvgIpc) is 3.42. The van der Waals surface area contributed by atoms with Crippen molar-refractivity contribution < 1.29 is 19.4 Å². The molecular weight excluding hydrogens is 410 g/mol. The highest BCUT2D eigenvalue weighted by atomic mass is 16.5. The van der Waals surface area contributed by atoms with E-state index in [2.05, 4.69) is 46.0 Å². The van der Waals surface area contributed by atoms with E-state index in [1.165, 1.54) is 11.1 Å². The minimum Gasteiger partial charge on any atom is -0.497 e. The molecule has 9 nitrogen and oxygen atoms in total. The van der Waals surface area contributed by atoms with Gasteiger partial charge in [-0.3, -0.25) is 14.8 Å². The molecular formula is C23H33N5O4. The van der Waals surface area contributed by atoms with Crippen LogP contribution in [0.1, 0.15) is 28.6 Å². The lowest BCUT2D eigenvalue weighted by molar-refractivity contribution is -0.122. The fourth-order valence-corrected chi connectivity index (χ4v) is 4.98. The maximum atomic E-state index is 12.9. The fraction of sp³-hybridized carbons (Fsp3) is 0.522. The van der Waals surface area contributed by atoms with Crippen LogP contribution in [0.4, 0.5) is 4.79 Å². The van der Waals surface area contributed by atoms with E-state index in [1.807, 2.05) is 26.2 Å². The van der Waals surface area contributed by atoms with Crippen LogP contribution in [0.2, 0.25) is 0 Å². The number of rotatable bonds is 4. The largest absolute Gasteiger partial charge is 0.497 e. The predicted molar refractivity (Wildman–Crippen MR) is 121 cm³/mol. The molecule has 2 saturated heterocycles. The third-order valence-corrected chi connectivity index (χ3v) is 6.49. The van der Waals surface area contributed by atoms with Crippen LogP contribution in [0.5, 0.6) is 5.75 Å². The van der Waals surface area contributed by atoms with E-state index in [4.69, 9.17) is 14.6 Å². The number of nitrogens with zero attached hydrogens (tertiary/aromatic N) is 4. The molecule has 1 aromatic heterocycles. The van der Waals surface area contributed by atoms with Crippen LogP contribution in [-0.2, 0) is 11.3 Å². The summed E-state index contributed by atoms with van der Waals surface area (Å²) in [5, 5.41) is 14.3. The second kappa shape index (κ2) is 10.0. The number of aromatic nitrogens is 2. The van der Waals surface area contributed by atoms with E-state index < -0.39 is 0 Å². The fourth-order valence-electron chi connectivity index (χ4n) is 4.98. The lowest BCUT2D eigenvalue weighted by Gasteiger charge is -2.32. The van der Waals surface area contributed by atoms with Crippen molar-refractivity contribution in [2.24, 2.45) is 11.8 Å². The van der Waals surface area contributed by atoms with Gasteiger partial charge >= 0.3 is 6.03 Å². The Balaban J connectivity index is 0.000000913. The number of aryl methyl sites for hydroxylation is 2. The molecule has 9 heteroatoms. The highest BCUT2D eigenvalue weighted by molar-refractivity contribution is 5.75. The van der Waals surface area contributed by atoms with E-state index in [1.54, 1.807) is 12.0 Å². The molecule has 1 aromatic carbocycles. The number of amides is 2. The summed E-state index contributed by atoms with van der Waals surface area (Å²) in [5.41, 5.74) is 4.71. The molecule has 0 aliphatic carbocycles. The second-order valence-electron chi connectivity index (χ2n) is 8.68. The average molecular weight is 444 g/mol. The number of benzene rings is 1. The first kappa shape index (κ1) is 23.6. The number of H-pyrrole nitrogens is 1. The van der Waals surface area contributed by atoms with Crippen molar-refractivity contribution in [3.05, 3.63) is 46.8 Å². The van der Waals surface area contributed by atoms with Crippen molar-refractivity contribution in [3.63, 3.8) is 0 Å². The smallest absolute Gasteiger partial charge is 0.320 e. The topological polar surface area (TPSA) is 102 Å². The number of carbonyl (C=O) groups excluding carboxylic acids is 1. The molecule has 4 rings (SSSR count). The number of urea groups is 1. The molecule has 0 spiro atoms. The number of ether oxygens (including phenoxy) is 1. The van der Waals surface area contributed by atoms with Crippen LogP contribution in [0.15, 0.2) is 24.3 Å². The van der Waals surface area contributed by atoms with Gasteiger partial charge in [0.05, 0.1) is 18.8 Å². The van der Waals surface area contributed by atoms with Crippen LogP contribution < -0.4 is 4.74 Å². The van der Waals surface area contributed by atoms with Crippen molar-refractivity contribution in [2.45, 2.75) is 26.4 Å². The lowest BCUT2D eigenvalue weighted by atomic mass is 9.89. The zero-order valence-electron chi connectivity index (χ0n) is 19.4. The third-order valence-electron chi connectivity index (χ3n) is 6.49. The summed E-state index contributed by atoms with van der Waals surface area (Å²) in [5.74, 6) is 1.76. The molecule has 3 heterocycles. The number of nitrogens with one attached hydrogen (secondary N) is 1. The molecule has 174 valence electrons. The van der Waals surface area contributed by atoms with Crippen LogP contribution in [0, 0.1) is 25.7 Å². The number of aromatic amines is 1. The Kier molecular flexibility index (Phi) is 7.40. The van der Waals surface area contributed by atoms with E-state index in [0.717, 1.165) is 43.3 Å². The van der Waals surface area contributed by atoms with Gasteiger partial charge in [0.25, 0.3) is 6.47 Å². The van der Waals surface area contributed by atoms with Crippen molar-refractivity contribution >= 4 is 12.5 Å². The molecule has 2 fully saturated rings. The Hall–Kier alpha value is -3.07. The molecule has 0 radical (unpaired) electrons. The van der Waals surface area contributed by atoms with E-state index in [-0.39, 0.29) is 18.5 Å². The van der Waals surface area contributed by atoms with Crippen LogP contribution in [0.25, 0.3) is 0 Å². The van der Waals surface area contributed by atoms with E-state index >= 15 is 0 Å². The Bertz CT molecular complexity index is 907. The molecule has 3 atom stereocenters. The number of hydrogen-bond acceptors (Lipinski definition) is 5. The summed E-state index contributed by atoms with van der Waals surface area (Å²) in [4.78, 5) is 27.5. The van der Waals surface area contributed by atoms with Gasteiger partial charge < -0.3 is 19.6 Å². The molecule has 32 heavy (non-hydrogen) atoms. The molecule has 2 aliphatic heterocycles. The summed E-state index contributed by atoms with van der Waals surface area (Å²) in [6, 6.07) is 8.38. The van der Waals surface area contributed by atoms with Gasteiger partial charge in [-0.25, -0.2) is 4.79 Å². The van der Waals surface area contributed by atoms with Crippen LogP contribution in [-0.4, -0.2) is 83.3 Å². The second-order valence-corrected chi connectivity index (χ2v) is 8.68. The third kappa shape index (κ3) is 4.72. The summed E-state index contributed by atoms with van der Waals surface area (Å²) in [6.45, 7) is 7.62. The van der Waals surface area contributed by atoms with Crippen molar-refractivity contribution in [1.82, 2.24) is 24.9 Å². The molecule has 2 aliphatic rings. The maximum absolute atomic E-state index is 12.9. The number of methoxy groups -OCH3 is 1. The van der Waals surface area contributed by atoms with Gasteiger partial charge in [0.1, 0.15) is 5.75 Å². The summed E-state index contributed by atoms with van der Waals surface area (Å²) < 4.78 is 5.32. The predicted octanol–water partition coefficient (Wildman–Crippen LogP) is 2.52. The van der Waals surface area contributed by atoms with Crippen LogP contribution >= 0.6 is 0 Å². The zero-order chi connectivity index (χ0) is 23.4. The van der Waals surface area contributed by atoms with Crippen molar-refractivity contribution in [3.8, 4) is 5.75 Å². The Morgan fingerprint density at radius 2 is 1.91 bits per heavy atom. The van der Waals surface area contributed by atoms with Gasteiger partial charge in [0, 0.05) is 57.4 Å². The monoisotopic (exact) mass is 443 g/mol. The Morgan fingerprint density at radius 1 is 1.25 bits per heavy atom. The molecule has 2 aromatic rings. The van der Waals surface area contributed by atoms with Crippen molar-refractivity contribution in [1.29, 1.82) is 0 Å². The standard InChI is InChI=1S/C22H31N5O2.CH2O2/c1-14-19(15(2)24-23-14)12-26-10-17-11-27(22(28)25(3)4)21(20(17)13-26)16-6-8-18(29-5)9-7-16;2-1-3/h6-9,17,20-21H,10-13H2,1-5H3,(H,23,24);1H,(H,2,3)/t17-,20-,21+;/m1./s1. The minimum atomic E-state index is -0.250. The van der Waals surface area contributed by atoms with Gasteiger partial charge in [-0.2, -0.15) is 5.10 Å².